The minimum absolute atomic E-state index is 0.100. The highest BCUT2D eigenvalue weighted by molar-refractivity contribution is 9.39. The first-order valence-electron chi connectivity index (χ1n) is 5.58. The SMILES string of the molecule is O=S(=O)([O-])[O-].[NH3+]C(Br)CCC(Br)(Br)Br.[NH3+]C(Br)CCC(Br)(Br)Br. The summed E-state index contributed by atoms with van der Waals surface area (Å²) in [5.41, 5.74) is 7.59. The predicted molar refractivity (Wildman–Crippen MR) is 119 cm³/mol. The molecule has 0 aliphatic heterocycles. The van der Waals surface area contributed by atoms with Crippen LogP contribution in [0.2, 0.25) is 0 Å². The lowest BCUT2D eigenvalue weighted by molar-refractivity contribution is -0.384. The van der Waals surface area contributed by atoms with Crippen molar-refractivity contribution in [3.63, 3.8) is 0 Å². The van der Waals surface area contributed by atoms with Crippen LogP contribution in [0.5, 0.6) is 0 Å². The Morgan fingerprint density at radius 3 is 1.00 bits per heavy atom. The van der Waals surface area contributed by atoms with Gasteiger partial charge in [-0.05, 0) is 44.7 Å². The van der Waals surface area contributed by atoms with E-state index >= 15 is 0 Å². The van der Waals surface area contributed by atoms with Gasteiger partial charge in [0.2, 0.25) is 0 Å². The van der Waals surface area contributed by atoms with E-state index in [2.05, 4.69) is 139 Å². The van der Waals surface area contributed by atoms with Crippen molar-refractivity contribution in [3.05, 3.63) is 0 Å². The van der Waals surface area contributed by atoms with Crippen LogP contribution in [0.15, 0.2) is 0 Å². The summed E-state index contributed by atoms with van der Waals surface area (Å²) in [6.45, 7) is 0. The number of quaternary nitrogens is 2. The molecule has 0 spiro atoms. The van der Waals surface area contributed by atoms with E-state index in [9.17, 15) is 0 Å². The molecule has 6 N–H and O–H groups in total. The van der Waals surface area contributed by atoms with Gasteiger partial charge in [0.1, 0.15) is 14.2 Å². The second-order valence-electron chi connectivity index (χ2n) is 3.91. The first kappa shape index (κ1) is 31.3. The quantitative estimate of drug-likeness (QED) is 0.193. The highest BCUT2D eigenvalue weighted by Gasteiger charge is 2.19. The molecule has 0 heterocycles. The first-order valence-corrected chi connectivity index (χ1v) is 13.5. The van der Waals surface area contributed by atoms with Crippen molar-refractivity contribution < 1.29 is 29.0 Å². The third-order valence-corrected chi connectivity index (χ3v) is 4.78. The van der Waals surface area contributed by atoms with Gasteiger partial charge in [-0.2, -0.15) is 0 Å². The topological polar surface area (TPSA) is 136 Å². The summed E-state index contributed by atoms with van der Waals surface area (Å²) in [6, 6.07) is 0. The van der Waals surface area contributed by atoms with Crippen LogP contribution in [0.4, 0.5) is 0 Å². The molecule has 0 aromatic rings. The van der Waals surface area contributed by atoms with E-state index in [1.165, 1.54) is 0 Å². The number of halogens is 8. The molecule has 0 aliphatic rings. The molecule has 0 fully saturated rings. The van der Waals surface area contributed by atoms with Gasteiger partial charge in [0.25, 0.3) is 0 Å². The second-order valence-corrected chi connectivity index (χ2v) is 21.8. The van der Waals surface area contributed by atoms with Gasteiger partial charge in [0, 0.05) is 23.2 Å². The number of alkyl halides is 8. The molecule has 0 saturated carbocycles. The van der Waals surface area contributed by atoms with E-state index in [0.717, 1.165) is 25.7 Å². The van der Waals surface area contributed by atoms with Crippen molar-refractivity contribution in [2.24, 2.45) is 0 Å². The summed E-state index contributed by atoms with van der Waals surface area (Å²) in [5.74, 6) is 0. The Labute approximate surface area is 204 Å². The maximum atomic E-state index is 8.52. The molecule has 0 aromatic carbocycles. The lowest BCUT2D eigenvalue weighted by atomic mass is 10.3. The smallest absolute Gasteiger partial charge is 0.139 e. The average Bonchev–Trinajstić information content (AvgIpc) is 2.20. The summed E-state index contributed by atoms with van der Waals surface area (Å²) in [4.78, 5) is 0.675. The lowest BCUT2D eigenvalue weighted by Crippen LogP contribution is -2.57. The molecule has 144 valence electrons. The molecule has 2 unspecified atom stereocenters. The molecule has 0 radical (unpaired) electrons. The van der Waals surface area contributed by atoms with Crippen LogP contribution in [-0.2, 0) is 10.4 Å². The van der Waals surface area contributed by atoms with Crippen molar-refractivity contribution in [2.75, 3.05) is 0 Å². The summed E-state index contributed by atoms with van der Waals surface area (Å²) in [6.07, 6.45) is 4.04. The second kappa shape index (κ2) is 15.5. The normalized spacial score (nSPS) is 14.8. The van der Waals surface area contributed by atoms with E-state index in [-0.39, 0.29) is 4.29 Å². The highest BCUT2D eigenvalue weighted by atomic mass is 80.0. The van der Waals surface area contributed by atoms with Crippen LogP contribution in [0, 0.1) is 0 Å². The molecule has 0 rings (SSSR count). The maximum Gasteiger partial charge on any atom is 0.139 e. The van der Waals surface area contributed by atoms with Gasteiger partial charge in [-0.1, -0.05) is 95.6 Å². The van der Waals surface area contributed by atoms with Gasteiger partial charge >= 0.3 is 0 Å². The van der Waals surface area contributed by atoms with Crippen molar-refractivity contribution in [2.45, 2.75) is 39.9 Å². The van der Waals surface area contributed by atoms with Gasteiger partial charge in [-0.15, -0.1) is 0 Å². The molecule has 0 aliphatic carbocycles. The van der Waals surface area contributed by atoms with E-state index in [0.29, 0.717) is 9.90 Å². The van der Waals surface area contributed by atoms with Gasteiger partial charge < -0.3 is 20.6 Å². The molecule has 15 heteroatoms. The maximum absolute atomic E-state index is 8.52. The van der Waals surface area contributed by atoms with E-state index in [1.807, 2.05) is 0 Å². The summed E-state index contributed by atoms with van der Waals surface area (Å²) >= 11 is 27.1. The molecule has 0 saturated heterocycles. The Balaban J connectivity index is -0.000000273. The number of hydrogen-bond acceptors (Lipinski definition) is 4. The fourth-order valence-corrected chi connectivity index (χ4v) is 2.47. The fourth-order valence-electron chi connectivity index (χ4n) is 0.641. The zero-order valence-electron chi connectivity index (χ0n) is 11.5. The van der Waals surface area contributed by atoms with Gasteiger partial charge in [-0.3, -0.25) is 8.42 Å². The zero-order chi connectivity index (χ0) is 19.5. The van der Waals surface area contributed by atoms with Crippen LogP contribution in [0.1, 0.15) is 25.7 Å². The van der Waals surface area contributed by atoms with Crippen molar-refractivity contribution >= 4 is 138 Å². The molecule has 0 amide bonds. The molecule has 23 heavy (non-hydrogen) atoms. The summed E-state index contributed by atoms with van der Waals surface area (Å²) < 4.78 is 33.9. The van der Waals surface area contributed by atoms with Crippen molar-refractivity contribution in [1.29, 1.82) is 0 Å². The highest BCUT2D eigenvalue weighted by Crippen LogP contribution is 2.38. The monoisotopic (exact) mass is 867 g/mol. The Kier molecular flexibility index (Phi) is 21.2. The molecule has 0 aromatic heterocycles. The minimum atomic E-state index is -5.17. The Morgan fingerprint density at radius 1 is 0.783 bits per heavy atom. The largest absolute Gasteiger partial charge is 0.759 e. The van der Waals surface area contributed by atoms with E-state index < -0.39 is 10.4 Å². The fraction of sp³-hybridized carbons (Fsp3) is 1.00. The molecular weight excluding hydrogens is 859 g/mol. The Bertz CT molecular complexity index is 353. The predicted octanol–water partition coefficient (Wildman–Crippen LogP) is 3.80. The van der Waals surface area contributed by atoms with Crippen LogP contribution in [0.3, 0.4) is 0 Å². The Hall–Kier alpha value is 3.63. The Morgan fingerprint density at radius 2 is 0.957 bits per heavy atom. The summed E-state index contributed by atoms with van der Waals surface area (Å²) in [5, 5.41) is 0. The van der Waals surface area contributed by atoms with E-state index in [1.54, 1.807) is 0 Å². The average molecular weight is 876 g/mol. The summed E-state index contributed by atoms with van der Waals surface area (Å²) in [7, 11) is -5.17. The molecule has 6 nitrogen and oxygen atoms in total. The van der Waals surface area contributed by atoms with E-state index in [4.69, 9.17) is 17.5 Å². The van der Waals surface area contributed by atoms with Gasteiger partial charge in [-0.25, -0.2) is 0 Å². The number of rotatable bonds is 4. The third-order valence-electron chi connectivity index (χ3n) is 1.48. The molecular formula is C8H16Br8N2O4S. The minimum Gasteiger partial charge on any atom is -0.759 e. The lowest BCUT2D eigenvalue weighted by Gasteiger charge is -2.10. The van der Waals surface area contributed by atoms with Crippen LogP contribution in [-0.4, -0.2) is 31.7 Å². The third kappa shape index (κ3) is 58.6. The number of hydrogen-bond donors (Lipinski definition) is 2. The van der Waals surface area contributed by atoms with Crippen LogP contribution in [0.25, 0.3) is 0 Å². The zero-order valence-corrected chi connectivity index (χ0v) is 25.0. The van der Waals surface area contributed by atoms with Crippen molar-refractivity contribution in [3.8, 4) is 0 Å². The molecule has 0 bridgehead atoms. The standard InChI is InChI=1S/2C4H7Br4N.H2O4S/c2*5-3(9)1-2-4(6,7)8;1-5(2,3)4/h2*3H,1-2,9H2;(H2,1,2,3,4). The van der Waals surface area contributed by atoms with Crippen molar-refractivity contribution in [1.82, 2.24) is 0 Å². The first-order chi connectivity index (χ1) is 9.83. The van der Waals surface area contributed by atoms with Gasteiger partial charge in [0.05, 0.1) is 0 Å². The van der Waals surface area contributed by atoms with Crippen LogP contribution < -0.4 is 11.5 Å². The molecule has 2 atom stereocenters. The van der Waals surface area contributed by atoms with Gasteiger partial charge in [0.15, 0.2) is 0 Å². The van der Waals surface area contributed by atoms with Crippen LogP contribution >= 0.6 is 127 Å².